The molecule has 132 valence electrons. The highest BCUT2D eigenvalue weighted by atomic mass is 32.1. The number of amides is 1. The predicted octanol–water partition coefficient (Wildman–Crippen LogP) is 2.67. The van der Waals surface area contributed by atoms with Crippen LogP contribution in [0, 0.1) is 0 Å². The molecular weight excluding hydrogens is 322 g/mol. The number of hydrogen-bond donors (Lipinski definition) is 0. The maximum atomic E-state index is 12.5. The van der Waals surface area contributed by atoms with Crippen LogP contribution in [0.1, 0.15) is 50.0 Å². The van der Waals surface area contributed by atoms with Crippen molar-refractivity contribution in [3.05, 3.63) is 16.6 Å². The summed E-state index contributed by atoms with van der Waals surface area (Å²) >= 11 is 1.74. The first-order valence-electron chi connectivity index (χ1n) is 9.28. The largest absolute Gasteiger partial charge is 0.376 e. The van der Waals surface area contributed by atoms with Gasteiger partial charge in [0.25, 0.3) is 0 Å². The fraction of sp³-hybridized carbons (Fsp3) is 0.778. The van der Waals surface area contributed by atoms with Crippen molar-refractivity contribution in [1.82, 2.24) is 14.8 Å². The molecule has 1 spiro atoms. The fourth-order valence-electron chi connectivity index (χ4n) is 4.60. The van der Waals surface area contributed by atoms with E-state index in [1.54, 1.807) is 11.3 Å². The predicted molar refractivity (Wildman–Crippen MR) is 93.9 cm³/mol. The van der Waals surface area contributed by atoms with Gasteiger partial charge in [-0.2, -0.15) is 0 Å². The minimum absolute atomic E-state index is 0.0840. The van der Waals surface area contributed by atoms with Crippen LogP contribution in [0.3, 0.4) is 0 Å². The summed E-state index contributed by atoms with van der Waals surface area (Å²) in [5.41, 5.74) is 0.0840. The number of ether oxygens (including phenoxy) is 1. The van der Waals surface area contributed by atoms with Gasteiger partial charge in [0, 0.05) is 43.2 Å². The van der Waals surface area contributed by atoms with E-state index in [4.69, 9.17) is 4.74 Å². The molecule has 0 unspecified atom stereocenters. The van der Waals surface area contributed by atoms with E-state index in [0.29, 0.717) is 5.91 Å². The van der Waals surface area contributed by atoms with E-state index in [9.17, 15) is 4.79 Å². The average Bonchev–Trinajstić information content (AvgIpc) is 3.29. The van der Waals surface area contributed by atoms with E-state index in [-0.39, 0.29) is 11.6 Å². The van der Waals surface area contributed by atoms with E-state index in [0.717, 1.165) is 71.3 Å². The Kier molecular flexibility index (Phi) is 4.88. The first-order chi connectivity index (χ1) is 11.8. The van der Waals surface area contributed by atoms with Gasteiger partial charge in [0.15, 0.2) is 0 Å². The Morgan fingerprint density at radius 2 is 2.25 bits per heavy atom. The van der Waals surface area contributed by atoms with Crippen LogP contribution in [-0.2, 0) is 16.1 Å². The van der Waals surface area contributed by atoms with Gasteiger partial charge in [-0.25, -0.2) is 4.98 Å². The molecule has 4 rings (SSSR count). The van der Waals surface area contributed by atoms with Gasteiger partial charge in [-0.3, -0.25) is 9.69 Å². The lowest BCUT2D eigenvalue weighted by molar-refractivity contribution is -0.133. The maximum Gasteiger partial charge on any atom is 0.223 e. The number of thiazole rings is 1. The van der Waals surface area contributed by atoms with Crippen LogP contribution < -0.4 is 0 Å². The zero-order valence-electron chi connectivity index (χ0n) is 14.3. The summed E-state index contributed by atoms with van der Waals surface area (Å²) in [6.07, 6.45) is 9.55. The van der Waals surface area contributed by atoms with Crippen LogP contribution in [0.25, 0.3) is 0 Å². The fourth-order valence-corrected chi connectivity index (χ4v) is 5.25. The number of carbonyl (C=O) groups is 1. The Morgan fingerprint density at radius 1 is 1.29 bits per heavy atom. The molecule has 0 N–H and O–H groups in total. The lowest BCUT2D eigenvalue weighted by Crippen LogP contribution is -2.49. The topological polar surface area (TPSA) is 45.7 Å². The highest BCUT2D eigenvalue weighted by molar-refractivity contribution is 7.09. The maximum absolute atomic E-state index is 12.5. The van der Waals surface area contributed by atoms with Gasteiger partial charge in [-0.1, -0.05) is 0 Å². The van der Waals surface area contributed by atoms with Crippen LogP contribution in [0.5, 0.6) is 0 Å². The SMILES string of the molecule is O=C1CC[C@@]2(CCCN(Cc3nccs3)CC2)N1C[C@@H]1CCCO1. The molecule has 3 saturated heterocycles. The van der Waals surface area contributed by atoms with Gasteiger partial charge in [0.2, 0.25) is 5.91 Å². The lowest BCUT2D eigenvalue weighted by atomic mass is 9.87. The molecule has 0 aromatic carbocycles. The number of rotatable bonds is 4. The highest BCUT2D eigenvalue weighted by Gasteiger charge is 2.46. The number of carbonyl (C=O) groups excluding carboxylic acids is 1. The van der Waals surface area contributed by atoms with Gasteiger partial charge in [0.05, 0.1) is 12.6 Å². The minimum atomic E-state index is 0.0840. The van der Waals surface area contributed by atoms with Gasteiger partial charge in [-0.15, -0.1) is 11.3 Å². The van der Waals surface area contributed by atoms with Crippen LogP contribution >= 0.6 is 11.3 Å². The average molecular weight is 350 g/mol. The molecule has 1 aromatic heterocycles. The smallest absolute Gasteiger partial charge is 0.223 e. The van der Waals surface area contributed by atoms with Gasteiger partial charge in [0.1, 0.15) is 5.01 Å². The van der Waals surface area contributed by atoms with E-state index in [1.165, 1.54) is 11.4 Å². The van der Waals surface area contributed by atoms with E-state index >= 15 is 0 Å². The second kappa shape index (κ2) is 7.10. The van der Waals surface area contributed by atoms with Crippen LogP contribution in [-0.4, -0.2) is 58.6 Å². The normalized spacial score (nSPS) is 31.9. The molecule has 3 aliphatic rings. The minimum Gasteiger partial charge on any atom is -0.376 e. The molecule has 5 nitrogen and oxygen atoms in total. The molecule has 0 bridgehead atoms. The number of nitrogens with zero attached hydrogens (tertiary/aromatic N) is 3. The Bertz CT molecular complexity index is 559. The third kappa shape index (κ3) is 3.37. The van der Waals surface area contributed by atoms with E-state index in [1.807, 2.05) is 11.6 Å². The van der Waals surface area contributed by atoms with E-state index < -0.39 is 0 Å². The van der Waals surface area contributed by atoms with E-state index in [2.05, 4.69) is 14.8 Å². The standard InChI is InChI=1S/C18H27N3O2S/c22-17-4-6-18(21(17)13-15-3-1-11-23-15)5-2-9-20(10-7-18)14-16-19-8-12-24-16/h8,12,15H,1-7,9-11,13-14H2/t15-,18+/m0/s1. The zero-order valence-corrected chi connectivity index (χ0v) is 15.1. The monoisotopic (exact) mass is 349 g/mol. The number of hydrogen-bond acceptors (Lipinski definition) is 5. The summed E-state index contributed by atoms with van der Waals surface area (Å²) in [5.74, 6) is 0.346. The summed E-state index contributed by atoms with van der Waals surface area (Å²) in [5, 5.41) is 3.25. The third-order valence-electron chi connectivity index (χ3n) is 5.94. The zero-order chi connectivity index (χ0) is 16.4. The highest BCUT2D eigenvalue weighted by Crippen LogP contribution is 2.40. The molecule has 24 heavy (non-hydrogen) atoms. The van der Waals surface area contributed by atoms with Gasteiger partial charge < -0.3 is 9.64 Å². The van der Waals surface area contributed by atoms with Crippen molar-refractivity contribution in [3.63, 3.8) is 0 Å². The molecule has 1 amide bonds. The molecular formula is C18H27N3O2S. The van der Waals surface area contributed by atoms with Crippen molar-refractivity contribution in [2.45, 2.75) is 63.1 Å². The molecule has 3 fully saturated rings. The quantitative estimate of drug-likeness (QED) is 0.838. The van der Waals surface area contributed by atoms with Crippen molar-refractivity contribution in [2.75, 3.05) is 26.2 Å². The summed E-state index contributed by atoms with van der Waals surface area (Å²) in [7, 11) is 0. The van der Waals surface area contributed by atoms with Crippen LogP contribution in [0.15, 0.2) is 11.6 Å². The summed E-state index contributed by atoms with van der Waals surface area (Å²) < 4.78 is 5.81. The molecule has 1 aromatic rings. The van der Waals surface area contributed by atoms with Crippen molar-refractivity contribution >= 4 is 17.2 Å². The number of likely N-dealkylation sites (tertiary alicyclic amines) is 2. The molecule has 3 aliphatic heterocycles. The number of aromatic nitrogens is 1. The molecule has 2 atom stereocenters. The Balaban J connectivity index is 1.42. The Labute approximate surface area is 148 Å². The van der Waals surface area contributed by atoms with Crippen LogP contribution in [0.4, 0.5) is 0 Å². The second-order valence-corrected chi connectivity index (χ2v) is 8.40. The third-order valence-corrected chi connectivity index (χ3v) is 6.70. The molecule has 0 saturated carbocycles. The Morgan fingerprint density at radius 3 is 3.04 bits per heavy atom. The summed E-state index contributed by atoms with van der Waals surface area (Å²) in [4.78, 5) is 21.7. The molecule has 6 heteroatoms. The molecule has 4 heterocycles. The van der Waals surface area contributed by atoms with Crippen molar-refractivity contribution in [3.8, 4) is 0 Å². The molecule has 0 aliphatic carbocycles. The van der Waals surface area contributed by atoms with Crippen molar-refractivity contribution in [2.24, 2.45) is 0 Å². The van der Waals surface area contributed by atoms with Crippen molar-refractivity contribution in [1.29, 1.82) is 0 Å². The molecule has 0 radical (unpaired) electrons. The first-order valence-corrected chi connectivity index (χ1v) is 10.2. The van der Waals surface area contributed by atoms with Crippen molar-refractivity contribution < 1.29 is 9.53 Å². The summed E-state index contributed by atoms with van der Waals surface area (Å²) in [6, 6.07) is 0. The second-order valence-electron chi connectivity index (χ2n) is 7.42. The lowest BCUT2D eigenvalue weighted by Gasteiger charge is -2.39. The van der Waals surface area contributed by atoms with Crippen LogP contribution in [0.2, 0.25) is 0 Å². The first kappa shape index (κ1) is 16.5. The summed E-state index contributed by atoms with van der Waals surface area (Å²) in [6.45, 7) is 4.80. The Hall–Kier alpha value is -0.980. The van der Waals surface area contributed by atoms with Gasteiger partial charge >= 0.3 is 0 Å². The van der Waals surface area contributed by atoms with Gasteiger partial charge in [-0.05, 0) is 45.1 Å².